The number of rotatable bonds is 3. The van der Waals surface area contributed by atoms with E-state index in [9.17, 15) is 9.59 Å². The highest BCUT2D eigenvalue weighted by Crippen LogP contribution is 2.37. The Hall–Kier alpha value is -1.41. The lowest BCUT2D eigenvalue weighted by Crippen LogP contribution is -2.22. The fourth-order valence-corrected chi connectivity index (χ4v) is 4.93. The lowest BCUT2D eigenvalue weighted by Gasteiger charge is -2.09. The Morgan fingerprint density at radius 3 is 2.58 bits per heavy atom. The van der Waals surface area contributed by atoms with Crippen LogP contribution in [0.3, 0.4) is 0 Å². The molecule has 0 atom stereocenters. The summed E-state index contributed by atoms with van der Waals surface area (Å²) in [4.78, 5) is 26.3. The summed E-state index contributed by atoms with van der Waals surface area (Å²) in [5, 5.41) is 6.36. The van der Waals surface area contributed by atoms with E-state index in [2.05, 4.69) is 33.2 Å². The third-order valence-electron chi connectivity index (χ3n) is 4.22. The number of carbonyl (C=O) groups is 2. The molecule has 6 heteroatoms. The quantitative estimate of drug-likeness (QED) is 0.539. The molecule has 0 unspecified atom stereocenters. The maximum atomic E-state index is 12.6. The summed E-state index contributed by atoms with van der Waals surface area (Å²) in [5.74, 6) is -0.283. The van der Waals surface area contributed by atoms with Gasteiger partial charge >= 0.3 is 0 Å². The number of fused-ring (bicyclic) bond motifs is 1. The van der Waals surface area contributed by atoms with Crippen LogP contribution in [0.2, 0.25) is 0 Å². The summed E-state index contributed by atoms with van der Waals surface area (Å²) in [5.41, 5.74) is 2.40. The SMILES string of the molecule is CNC(=O)c1c(NC(=O)c2ccccc2I)sc2c1CCCCC2. The molecule has 1 heterocycles. The largest absolute Gasteiger partial charge is 0.355 e. The Morgan fingerprint density at radius 2 is 1.83 bits per heavy atom. The van der Waals surface area contributed by atoms with Crippen LogP contribution < -0.4 is 10.6 Å². The van der Waals surface area contributed by atoms with Crippen molar-refractivity contribution >= 4 is 50.7 Å². The lowest BCUT2D eigenvalue weighted by molar-refractivity contribution is 0.0963. The third-order valence-corrected chi connectivity index (χ3v) is 6.37. The first-order valence-corrected chi connectivity index (χ1v) is 9.94. The van der Waals surface area contributed by atoms with Gasteiger partial charge in [0.2, 0.25) is 0 Å². The Kier molecular flexibility index (Phi) is 5.55. The van der Waals surface area contributed by atoms with E-state index >= 15 is 0 Å². The first-order chi connectivity index (χ1) is 11.6. The van der Waals surface area contributed by atoms with Crippen molar-refractivity contribution in [2.75, 3.05) is 12.4 Å². The standard InChI is InChI=1S/C18H19IN2O2S/c1-20-17(23)15-12-8-3-2-4-10-14(12)24-18(15)21-16(22)11-7-5-6-9-13(11)19/h5-7,9H,2-4,8,10H2,1H3,(H,20,23)(H,21,22). The zero-order valence-electron chi connectivity index (χ0n) is 13.4. The van der Waals surface area contributed by atoms with Gasteiger partial charge in [-0.2, -0.15) is 0 Å². The molecule has 0 saturated carbocycles. The highest BCUT2D eigenvalue weighted by Gasteiger charge is 2.25. The van der Waals surface area contributed by atoms with Gasteiger partial charge in [0.15, 0.2) is 0 Å². The first-order valence-electron chi connectivity index (χ1n) is 8.04. The van der Waals surface area contributed by atoms with Crippen LogP contribution in [0, 0.1) is 3.57 Å². The van der Waals surface area contributed by atoms with Gasteiger partial charge in [-0.3, -0.25) is 9.59 Å². The minimum atomic E-state index is -0.165. The lowest BCUT2D eigenvalue weighted by atomic mass is 10.0. The first kappa shape index (κ1) is 17.4. The third kappa shape index (κ3) is 3.49. The number of aryl methyl sites for hydroxylation is 1. The number of hydrogen-bond acceptors (Lipinski definition) is 3. The van der Waals surface area contributed by atoms with Crippen LogP contribution in [0.1, 0.15) is 50.4 Å². The fourth-order valence-electron chi connectivity index (χ4n) is 3.01. The predicted molar refractivity (Wildman–Crippen MR) is 106 cm³/mol. The van der Waals surface area contributed by atoms with Crippen molar-refractivity contribution < 1.29 is 9.59 Å². The van der Waals surface area contributed by atoms with E-state index in [1.807, 2.05) is 18.2 Å². The molecule has 4 nitrogen and oxygen atoms in total. The summed E-state index contributed by atoms with van der Waals surface area (Å²) in [7, 11) is 1.63. The van der Waals surface area contributed by atoms with Gasteiger partial charge in [0.1, 0.15) is 5.00 Å². The van der Waals surface area contributed by atoms with Crippen LogP contribution >= 0.6 is 33.9 Å². The van der Waals surface area contributed by atoms with Gasteiger partial charge in [-0.05, 0) is 66.0 Å². The van der Waals surface area contributed by atoms with Gasteiger partial charge in [0, 0.05) is 15.5 Å². The molecule has 1 aliphatic carbocycles. The van der Waals surface area contributed by atoms with E-state index in [0.29, 0.717) is 16.1 Å². The summed E-state index contributed by atoms with van der Waals surface area (Å²) < 4.78 is 0.896. The average molecular weight is 454 g/mol. The number of nitrogens with one attached hydrogen (secondary N) is 2. The number of halogens is 1. The van der Waals surface area contributed by atoms with E-state index in [4.69, 9.17) is 0 Å². The second-order valence-electron chi connectivity index (χ2n) is 5.78. The summed E-state index contributed by atoms with van der Waals surface area (Å²) in [6, 6.07) is 7.45. The van der Waals surface area contributed by atoms with E-state index in [1.54, 1.807) is 24.5 Å². The number of amides is 2. The Bertz CT molecular complexity index is 785. The molecule has 1 aromatic heterocycles. The van der Waals surface area contributed by atoms with Crippen molar-refractivity contribution in [3.05, 3.63) is 49.4 Å². The highest BCUT2D eigenvalue weighted by atomic mass is 127. The molecular weight excluding hydrogens is 435 g/mol. The normalized spacial score (nSPS) is 13.8. The predicted octanol–water partition coefficient (Wildman–Crippen LogP) is 4.23. The number of carbonyl (C=O) groups excluding carboxylic acids is 2. The molecule has 0 spiro atoms. The number of anilines is 1. The minimum absolute atomic E-state index is 0.118. The Morgan fingerprint density at radius 1 is 1.08 bits per heavy atom. The van der Waals surface area contributed by atoms with Gasteiger partial charge in [0.05, 0.1) is 11.1 Å². The molecule has 24 heavy (non-hydrogen) atoms. The van der Waals surface area contributed by atoms with Crippen molar-refractivity contribution in [1.29, 1.82) is 0 Å². The molecule has 1 aliphatic rings. The zero-order valence-corrected chi connectivity index (χ0v) is 16.4. The molecule has 0 radical (unpaired) electrons. The molecule has 2 N–H and O–H groups in total. The van der Waals surface area contributed by atoms with Crippen LogP contribution in [0.5, 0.6) is 0 Å². The monoisotopic (exact) mass is 454 g/mol. The van der Waals surface area contributed by atoms with Gasteiger partial charge in [0.25, 0.3) is 11.8 Å². The summed E-state index contributed by atoms with van der Waals surface area (Å²) >= 11 is 3.71. The van der Waals surface area contributed by atoms with Gasteiger partial charge < -0.3 is 10.6 Å². The summed E-state index contributed by atoms with van der Waals surface area (Å²) in [6.07, 6.45) is 5.33. The van der Waals surface area contributed by atoms with Crippen molar-refractivity contribution in [2.24, 2.45) is 0 Å². The molecule has 2 aromatic rings. The molecule has 0 fully saturated rings. The average Bonchev–Trinajstić information content (AvgIpc) is 2.75. The number of thiophene rings is 1. The summed E-state index contributed by atoms with van der Waals surface area (Å²) in [6.45, 7) is 0. The van der Waals surface area contributed by atoms with E-state index < -0.39 is 0 Å². The maximum Gasteiger partial charge on any atom is 0.257 e. The smallest absolute Gasteiger partial charge is 0.257 e. The topological polar surface area (TPSA) is 58.2 Å². The second kappa shape index (κ2) is 7.65. The molecular formula is C18H19IN2O2S. The van der Waals surface area contributed by atoms with E-state index in [1.165, 1.54) is 11.3 Å². The number of hydrogen-bond donors (Lipinski definition) is 2. The Balaban J connectivity index is 1.97. The van der Waals surface area contributed by atoms with Crippen LogP contribution in [0.25, 0.3) is 0 Å². The van der Waals surface area contributed by atoms with Crippen LogP contribution in [0.4, 0.5) is 5.00 Å². The van der Waals surface area contributed by atoms with Crippen LogP contribution in [-0.4, -0.2) is 18.9 Å². The van der Waals surface area contributed by atoms with Crippen LogP contribution in [0.15, 0.2) is 24.3 Å². The van der Waals surface area contributed by atoms with E-state index in [-0.39, 0.29) is 11.8 Å². The van der Waals surface area contributed by atoms with Gasteiger partial charge in [-0.15, -0.1) is 11.3 Å². The zero-order chi connectivity index (χ0) is 17.1. The van der Waals surface area contributed by atoms with Gasteiger partial charge in [-0.25, -0.2) is 0 Å². The molecule has 0 saturated heterocycles. The molecule has 1 aromatic carbocycles. The minimum Gasteiger partial charge on any atom is -0.355 e. The van der Waals surface area contributed by atoms with Crippen molar-refractivity contribution in [3.63, 3.8) is 0 Å². The Labute approximate surface area is 159 Å². The fraction of sp³-hybridized carbons (Fsp3) is 0.333. The van der Waals surface area contributed by atoms with Gasteiger partial charge in [-0.1, -0.05) is 18.6 Å². The van der Waals surface area contributed by atoms with Crippen LogP contribution in [-0.2, 0) is 12.8 Å². The molecule has 126 valence electrons. The van der Waals surface area contributed by atoms with Crippen molar-refractivity contribution in [2.45, 2.75) is 32.1 Å². The molecule has 0 aliphatic heterocycles. The highest BCUT2D eigenvalue weighted by molar-refractivity contribution is 14.1. The van der Waals surface area contributed by atoms with Crippen molar-refractivity contribution in [3.8, 4) is 0 Å². The maximum absolute atomic E-state index is 12.6. The molecule has 0 bridgehead atoms. The molecule has 2 amide bonds. The second-order valence-corrected chi connectivity index (χ2v) is 8.05. The van der Waals surface area contributed by atoms with Crippen molar-refractivity contribution in [1.82, 2.24) is 5.32 Å². The number of benzene rings is 1. The van der Waals surface area contributed by atoms with E-state index in [0.717, 1.165) is 34.8 Å². The molecule has 3 rings (SSSR count).